The average molecular weight is 671 g/mol. The van der Waals surface area contributed by atoms with Crippen LogP contribution in [0.25, 0.3) is 0 Å². The number of hydrogen-bond acceptors (Lipinski definition) is 6. The number of phenolic OH excluding ortho intramolecular Hbond substituents is 1. The zero-order valence-corrected chi connectivity index (χ0v) is 26.5. The van der Waals surface area contributed by atoms with E-state index in [1.165, 1.54) is 35.4 Å². The van der Waals surface area contributed by atoms with Gasteiger partial charge in [-0.15, -0.1) is 4.40 Å². The summed E-state index contributed by atoms with van der Waals surface area (Å²) in [5, 5.41) is 12.8. The Morgan fingerprint density at radius 3 is 2.49 bits per heavy atom. The fourth-order valence-corrected chi connectivity index (χ4v) is 5.55. The Morgan fingerprint density at radius 1 is 1.13 bits per heavy atom. The number of anilines is 1. The Morgan fingerprint density at radius 2 is 1.80 bits per heavy atom. The quantitative estimate of drug-likeness (QED) is 0.245. The number of nitrogens with one attached hydrogen (secondary N) is 1. The van der Waals surface area contributed by atoms with Gasteiger partial charge in [0.05, 0.1) is 10.0 Å². The lowest BCUT2D eigenvalue weighted by Gasteiger charge is -2.37. The molecule has 2 heterocycles. The van der Waals surface area contributed by atoms with Crippen molar-refractivity contribution in [2.75, 3.05) is 31.2 Å². The second kappa shape index (κ2) is 16.1. The van der Waals surface area contributed by atoms with E-state index in [4.69, 9.17) is 27.9 Å². The molecule has 0 radical (unpaired) electrons. The molecule has 1 fully saturated rings. The number of phenols is 1. The number of hydrogen-bond donors (Lipinski definition) is 2. The van der Waals surface area contributed by atoms with Crippen LogP contribution < -0.4 is 5.32 Å². The number of nitrogens with zero attached hydrogens (tertiary/aromatic N) is 4. The molecular formula is C31H29Cl2N5O6S. The molecule has 4 amide bonds. The van der Waals surface area contributed by atoms with E-state index in [9.17, 15) is 23.7 Å². The van der Waals surface area contributed by atoms with E-state index in [-0.39, 0.29) is 34.3 Å². The summed E-state index contributed by atoms with van der Waals surface area (Å²) >= 11 is 12.1. The van der Waals surface area contributed by atoms with Gasteiger partial charge in [0, 0.05) is 55.8 Å². The molecule has 45 heavy (non-hydrogen) atoms. The number of amides is 4. The van der Waals surface area contributed by atoms with Gasteiger partial charge >= 0.3 is 12.1 Å². The smallest absolute Gasteiger partial charge is 0.410 e. The molecule has 0 saturated carbocycles. The molecule has 11 nitrogen and oxygen atoms in total. The fourth-order valence-electron chi connectivity index (χ4n) is 4.83. The van der Waals surface area contributed by atoms with E-state index in [0.29, 0.717) is 38.0 Å². The van der Waals surface area contributed by atoms with Crippen LogP contribution in [0.3, 0.4) is 0 Å². The molecule has 4 rings (SSSR count). The lowest BCUT2D eigenvalue weighted by molar-refractivity contribution is -0.126. The predicted molar refractivity (Wildman–Crippen MR) is 173 cm³/mol. The topological polar surface area (TPSA) is 141 Å². The third kappa shape index (κ3) is 9.56. The molecular weight excluding hydrogens is 641 g/mol. The standard InChI is InChI=1S/C31H29Cl2N5O6S/c1-45(43)35-14-7-3-2-6-13-34-29(40)27(20-21-18-24(32)28(39)25(33)19-21)44-31(42)37-15-11-23(12-16-37)38-17-10-22-8-4-5-9-26(22)36-30(38)41/h2-5,8-9,18-19,23,27,39H,10-12,15-17,20H2,1H3,(H,36,41)/t27-,45?/m1/s1. The normalized spacial score (nSPS) is 15.8. The summed E-state index contributed by atoms with van der Waals surface area (Å²) in [7, 11) is -1.40. The third-order valence-corrected chi connectivity index (χ3v) is 7.97. The first-order valence-corrected chi connectivity index (χ1v) is 16.1. The van der Waals surface area contributed by atoms with Gasteiger partial charge in [0.1, 0.15) is 11.0 Å². The SMILES string of the molecule is CS(=O)N=C=C=CC=C=C=NC(=O)[C@@H](Cc1cc(Cl)c(O)c(Cl)c1)OC(=O)N1CCC(N2CCc3ccccc3NC2=O)CC1. The van der Waals surface area contributed by atoms with Crippen molar-refractivity contribution >= 4 is 69.6 Å². The minimum atomic E-state index is -1.40. The van der Waals surface area contributed by atoms with Crippen LogP contribution in [-0.4, -0.2) is 86.9 Å². The Balaban J connectivity index is 1.43. The lowest BCUT2D eigenvalue weighted by atomic mass is 10.0. The summed E-state index contributed by atoms with van der Waals surface area (Å²) in [4.78, 5) is 46.1. The first kappa shape index (κ1) is 33.5. The van der Waals surface area contributed by atoms with E-state index in [1.54, 1.807) is 0 Å². The zero-order chi connectivity index (χ0) is 32.3. The van der Waals surface area contributed by atoms with Crippen LogP contribution in [-0.2, 0) is 33.4 Å². The third-order valence-electron chi connectivity index (χ3n) is 7.04. The Hall–Kier alpha value is -4.36. The number of ether oxygens (including phenoxy) is 1. The molecule has 1 saturated heterocycles. The van der Waals surface area contributed by atoms with Gasteiger partial charge in [-0.3, -0.25) is 4.79 Å². The van der Waals surface area contributed by atoms with Crippen LogP contribution in [0.15, 0.2) is 69.4 Å². The van der Waals surface area contributed by atoms with Crippen molar-refractivity contribution in [1.29, 1.82) is 0 Å². The van der Waals surface area contributed by atoms with Gasteiger partial charge in [-0.2, -0.15) is 4.99 Å². The maximum absolute atomic E-state index is 13.2. The molecule has 1 unspecified atom stereocenters. The van der Waals surface area contributed by atoms with Crippen molar-refractivity contribution in [3.63, 3.8) is 0 Å². The largest absolute Gasteiger partial charge is 0.505 e. The van der Waals surface area contributed by atoms with Crippen LogP contribution in [0.2, 0.25) is 10.0 Å². The summed E-state index contributed by atoms with van der Waals surface area (Å²) in [6.45, 7) is 1.20. The number of halogens is 2. The summed E-state index contributed by atoms with van der Waals surface area (Å²) in [6, 6.07) is 10.3. The number of benzene rings is 2. The number of likely N-dealkylation sites (tertiary alicyclic amines) is 1. The van der Waals surface area contributed by atoms with Gasteiger partial charge in [0.2, 0.25) is 0 Å². The van der Waals surface area contributed by atoms with E-state index in [1.807, 2.05) is 29.2 Å². The first-order valence-electron chi connectivity index (χ1n) is 13.8. The number of carbonyl (C=O) groups is 3. The van der Waals surface area contributed by atoms with Gasteiger partial charge in [0.15, 0.2) is 11.9 Å². The van der Waals surface area contributed by atoms with Crippen molar-refractivity contribution < 1.29 is 28.4 Å². The number of aliphatic imine (C=N–C) groups is 1. The van der Waals surface area contributed by atoms with Crippen LogP contribution in [0.5, 0.6) is 5.75 Å². The Bertz CT molecular complexity index is 1670. The summed E-state index contributed by atoms with van der Waals surface area (Å²) in [5.74, 6) is 3.53. The number of rotatable bonds is 7. The fraction of sp³-hybridized carbons (Fsp3) is 0.323. The monoisotopic (exact) mass is 669 g/mol. The highest BCUT2D eigenvalue weighted by Crippen LogP contribution is 2.33. The molecule has 0 spiro atoms. The first-order chi connectivity index (χ1) is 21.6. The van der Waals surface area contributed by atoms with Gasteiger partial charge in [-0.05, 0) is 72.2 Å². The number of piperidine rings is 1. The zero-order valence-electron chi connectivity index (χ0n) is 24.2. The van der Waals surface area contributed by atoms with Gasteiger partial charge in [-0.25, -0.2) is 13.8 Å². The molecule has 14 heteroatoms. The van der Waals surface area contributed by atoms with E-state index in [2.05, 4.69) is 37.9 Å². The Labute approximate surface area is 272 Å². The number of urea groups is 1. The molecule has 2 aliphatic rings. The molecule has 0 aromatic heterocycles. The van der Waals surface area contributed by atoms with E-state index in [0.717, 1.165) is 17.7 Å². The summed E-state index contributed by atoms with van der Waals surface area (Å²) in [6.07, 6.45) is 3.63. The number of fused-ring (bicyclic) bond motifs is 1. The maximum atomic E-state index is 13.2. The van der Waals surface area contributed by atoms with Crippen molar-refractivity contribution in [2.45, 2.75) is 37.8 Å². The summed E-state index contributed by atoms with van der Waals surface area (Å²) < 4.78 is 20.0. The average Bonchev–Trinajstić information content (AvgIpc) is 3.18. The predicted octanol–water partition coefficient (Wildman–Crippen LogP) is 4.88. The van der Waals surface area contributed by atoms with Crippen LogP contribution in [0, 0.1) is 0 Å². The number of aromatic hydroxyl groups is 1. The number of allylic oxidation sites excluding steroid dienone is 2. The highest BCUT2D eigenvalue weighted by molar-refractivity contribution is 7.83. The van der Waals surface area contributed by atoms with Gasteiger partial charge in [0.25, 0.3) is 5.91 Å². The van der Waals surface area contributed by atoms with Crippen molar-refractivity contribution in [3.05, 3.63) is 81.2 Å². The number of carbonyl (C=O) groups excluding carboxylic acids is 3. The maximum Gasteiger partial charge on any atom is 0.410 e. The van der Waals surface area contributed by atoms with Crippen molar-refractivity contribution in [1.82, 2.24) is 9.80 Å². The van der Waals surface area contributed by atoms with Crippen molar-refractivity contribution in [2.24, 2.45) is 9.39 Å². The van der Waals surface area contributed by atoms with E-state index >= 15 is 0 Å². The number of para-hydroxylation sites is 1. The molecule has 0 aliphatic carbocycles. The molecule has 2 aromatic rings. The Kier molecular flexibility index (Phi) is 12.0. The second-order valence-corrected chi connectivity index (χ2v) is 11.9. The van der Waals surface area contributed by atoms with Crippen LogP contribution in [0.4, 0.5) is 15.3 Å². The molecule has 2 aromatic carbocycles. The minimum Gasteiger partial charge on any atom is -0.505 e. The van der Waals surface area contributed by atoms with Crippen molar-refractivity contribution in [3.8, 4) is 5.75 Å². The van der Waals surface area contributed by atoms with E-state index < -0.39 is 29.1 Å². The molecule has 2 atom stereocenters. The summed E-state index contributed by atoms with van der Waals surface area (Å²) in [5.41, 5.74) is 7.32. The molecule has 234 valence electrons. The lowest BCUT2D eigenvalue weighted by Crippen LogP contribution is -2.50. The highest BCUT2D eigenvalue weighted by atomic mass is 35.5. The highest BCUT2D eigenvalue weighted by Gasteiger charge is 2.33. The molecule has 0 bridgehead atoms. The second-order valence-electron chi connectivity index (χ2n) is 10.0. The van der Waals surface area contributed by atoms with Gasteiger partial charge < -0.3 is 25.0 Å². The van der Waals surface area contributed by atoms with Crippen LogP contribution >= 0.6 is 23.2 Å². The van der Waals surface area contributed by atoms with Gasteiger partial charge in [-0.1, -0.05) is 41.4 Å². The molecule has 2 N–H and O–H groups in total. The van der Waals surface area contributed by atoms with Crippen LogP contribution in [0.1, 0.15) is 24.0 Å². The minimum absolute atomic E-state index is 0.0284. The molecule has 2 aliphatic heterocycles.